The zero-order chi connectivity index (χ0) is 11.0. The van der Waals surface area contributed by atoms with E-state index in [0.717, 1.165) is 6.42 Å². The molecule has 14 heavy (non-hydrogen) atoms. The Kier molecular flexibility index (Phi) is 6.80. The molecule has 4 heteroatoms. The molecule has 0 aliphatic carbocycles. The summed E-state index contributed by atoms with van der Waals surface area (Å²) in [7, 11) is 1.59. The van der Waals surface area contributed by atoms with Crippen molar-refractivity contribution in [2.45, 2.75) is 33.1 Å². The third-order valence-corrected chi connectivity index (χ3v) is 2.11. The Balaban J connectivity index is 3.90. The van der Waals surface area contributed by atoms with E-state index in [4.69, 9.17) is 4.74 Å². The van der Waals surface area contributed by atoms with Crippen LogP contribution in [0.15, 0.2) is 0 Å². The van der Waals surface area contributed by atoms with E-state index in [1.807, 2.05) is 6.92 Å². The molecule has 0 bridgehead atoms. The van der Waals surface area contributed by atoms with Gasteiger partial charge in [0.25, 0.3) is 0 Å². The predicted octanol–water partition coefficient (Wildman–Crippen LogP) is 1.10. The molecular weight excluding hydrogens is 182 g/mol. The van der Waals surface area contributed by atoms with Crippen LogP contribution >= 0.6 is 0 Å². The van der Waals surface area contributed by atoms with Crippen molar-refractivity contribution >= 4 is 11.9 Å². The summed E-state index contributed by atoms with van der Waals surface area (Å²) >= 11 is 0. The highest BCUT2D eigenvalue weighted by Gasteiger charge is 2.18. The largest absolute Gasteiger partial charge is 0.466 e. The van der Waals surface area contributed by atoms with Crippen LogP contribution in [0.4, 0.5) is 0 Å². The number of ether oxygens (including phenoxy) is 1. The minimum atomic E-state index is -0.195. The van der Waals surface area contributed by atoms with Crippen LogP contribution in [0.2, 0.25) is 0 Å². The van der Waals surface area contributed by atoms with Crippen LogP contribution in [-0.2, 0) is 14.3 Å². The molecule has 0 aliphatic rings. The highest BCUT2D eigenvalue weighted by Crippen LogP contribution is 2.12. The van der Waals surface area contributed by atoms with E-state index in [1.54, 1.807) is 14.0 Å². The fourth-order valence-electron chi connectivity index (χ4n) is 1.18. The lowest BCUT2D eigenvalue weighted by atomic mass is 10.0. The molecule has 0 radical (unpaired) electrons. The van der Waals surface area contributed by atoms with Gasteiger partial charge in [0.1, 0.15) is 0 Å². The van der Waals surface area contributed by atoms with Crippen LogP contribution < -0.4 is 5.32 Å². The fraction of sp³-hybridized carbons (Fsp3) is 0.800. The van der Waals surface area contributed by atoms with E-state index in [1.165, 1.54) is 0 Å². The molecule has 0 fully saturated rings. The molecule has 0 aromatic heterocycles. The average molecular weight is 201 g/mol. The molecule has 1 amide bonds. The third-order valence-electron chi connectivity index (χ3n) is 2.11. The lowest BCUT2D eigenvalue weighted by Gasteiger charge is -2.12. The minimum absolute atomic E-state index is 0.0345. The van der Waals surface area contributed by atoms with Crippen molar-refractivity contribution in [1.82, 2.24) is 5.32 Å². The number of rotatable bonds is 6. The summed E-state index contributed by atoms with van der Waals surface area (Å²) < 4.78 is 4.89. The summed E-state index contributed by atoms with van der Waals surface area (Å²) in [4.78, 5) is 22.3. The van der Waals surface area contributed by atoms with Gasteiger partial charge >= 0.3 is 5.97 Å². The SMILES string of the molecule is CCOC(=O)C(CC)CCC(=O)NC. The van der Waals surface area contributed by atoms with E-state index in [2.05, 4.69) is 5.32 Å². The van der Waals surface area contributed by atoms with Gasteiger partial charge in [0.2, 0.25) is 5.91 Å². The second kappa shape index (κ2) is 7.35. The van der Waals surface area contributed by atoms with Crippen LogP contribution in [0, 0.1) is 5.92 Å². The van der Waals surface area contributed by atoms with Gasteiger partial charge in [-0.05, 0) is 19.8 Å². The quantitative estimate of drug-likeness (QED) is 0.655. The Morgan fingerprint density at radius 2 is 2.00 bits per heavy atom. The minimum Gasteiger partial charge on any atom is -0.466 e. The number of amides is 1. The Bertz CT molecular complexity index is 192. The van der Waals surface area contributed by atoms with E-state index < -0.39 is 0 Å². The lowest BCUT2D eigenvalue weighted by Crippen LogP contribution is -2.22. The first kappa shape index (κ1) is 12.9. The van der Waals surface area contributed by atoms with Gasteiger partial charge in [0.15, 0.2) is 0 Å². The molecule has 1 atom stereocenters. The van der Waals surface area contributed by atoms with Gasteiger partial charge < -0.3 is 10.1 Å². The maximum absolute atomic E-state index is 11.3. The molecule has 0 aliphatic heterocycles. The Hall–Kier alpha value is -1.06. The molecule has 1 N–H and O–H groups in total. The van der Waals surface area contributed by atoms with Gasteiger partial charge in [0, 0.05) is 13.5 Å². The number of hydrogen-bond donors (Lipinski definition) is 1. The van der Waals surface area contributed by atoms with Crippen LogP contribution in [0.1, 0.15) is 33.1 Å². The van der Waals surface area contributed by atoms with Crippen LogP contribution in [-0.4, -0.2) is 25.5 Å². The van der Waals surface area contributed by atoms with Crippen molar-refractivity contribution in [3.05, 3.63) is 0 Å². The second-order valence-corrected chi connectivity index (χ2v) is 3.07. The van der Waals surface area contributed by atoms with Crippen molar-refractivity contribution < 1.29 is 14.3 Å². The molecule has 0 heterocycles. The molecule has 0 saturated heterocycles. The molecule has 4 nitrogen and oxygen atoms in total. The normalized spacial score (nSPS) is 11.9. The fourth-order valence-corrected chi connectivity index (χ4v) is 1.18. The van der Waals surface area contributed by atoms with Crippen molar-refractivity contribution in [2.75, 3.05) is 13.7 Å². The monoisotopic (exact) mass is 201 g/mol. The molecule has 82 valence electrons. The van der Waals surface area contributed by atoms with Gasteiger partial charge in [0.05, 0.1) is 12.5 Å². The van der Waals surface area contributed by atoms with Gasteiger partial charge in [-0.15, -0.1) is 0 Å². The highest BCUT2D eigenvalue weighted by molar-refractivity contribution is 5.77. The van der Waals surface area contributed by atoms with Crippen LogP contribution in [0.25, 0.3) is 0 Å². The predicted molar refractivity (Wildman–Crippen MR) is 53.7 cm³/mol. The van der Waals surface area contributed by atoms with E-state index in [0.29, 0.717) is 19.4 Å². The summed E-state index contributed by atoms with van der Waals surface area (Å²) in [5.41, 5.74) is 0. The van der Waals surface area contributed by atoms with Gasteiger partial charge in [-0.1, -0.05) is 6.92 Å². The zero-order valence-corrected chi connectivity index (χ0v) is 9.13. The molecule has 1 unspecified atom stereocenters. The summed E-state index contributed by atoms with van der Waals surface area (Å²) in [6.45, 7) is 4.10. The Morgan fingerprint density at radius 3 is 2.43 bits per heavy atom. The molecule has 0 aromatic rings. The first-order valence-electron chi connectivity index (χ1n) is 5.02. The number of hydrogen-bond acceptors (Lipinski definition) is 3. The Labute approximate surface area is 85.0 Å². The maximum atomic E-state index is 11.3. The zero-order valence-electron chi connectivity index (χ0n) is 9.13. The number of esters is 1. The smallest absolute Gasteiger partial charge is 0.308 e. The molecule has 0 rings (SSSR count). The second-order valence-electron chi connectivity index (χ2n) is 3.07. The van der Waals surface area contributed by atoms with Gasteiger partial charge in [-0.25, -0.2) is 0 Å². The third kappa shape index (κ3) is 4.84. The van der Waals surface area contributed by atoms with Gasteiger partial charge in [-0.2, -0.15) is 0 Å². The standard InChI is InChI=1S/C10H19NO3/c1-4-8(10(13)14-5-2)6-7-9(12)11-3/h8H,4-7H2,1-3H3,(H,11,12). The molecule has 0 aromatic carbocycles. The number of carbonyl (C=O) groups is 2. The van der Waals surface area contributed by atoms with Crippen molar-refractivity contribution in [3.8, 4) is 0 Å². The van der Waals surface area contributed by atoms with Crippen LogP contribution in [0.3, 0.4) is 0 Å². The van der Waals surface area contributed by atoms with E-state index in [-0.39, 0.29) is 17.8 Å². The summed E-state index contributed by atoms with van der Waals surface area (Å²) in [5.74, 6) is -0.376. The van der Waals surface area contributed by atoms with Crippen LogP contribution in [0.5, 0.6) is 0 Å². The first-order chi connectivity index (χ1) is 6.65. The summed E-state index contributed by atoms with van der Waals surface area (Å²) in [6.07, 6.45) is 1.67. The van der Waals surface area contributed by atoms with Crippen molar-refractivity contribution in [1.29, 1.82) is 0 Å². The highest BCUT2D eigenvalue weighted by atomic mass is 16.5. The topological polar surface area (TPSA) is 55.4 Å². The first-order valence-corrected chi connectivity index (χ1v) is 5.02. The van der Waals surface area contributed by atoms with E-state index in [9.17, 15) is 9.59 Å². The Morgan fingerprint density at radius 1 is 1.36 bits per heavy atom. The summed E-state index contributed by atoms with van der Waals surface area (Å²) in [6, 6.07) is 0. The van der Waals surface area contributed by atoms with Crippen molar-refractivity contribution in [2.24, 2.45) is 5.92 Å². The summed E-state index contributed by atoms with van der Waals surface area (Å²) in [5, 5.41) is 2.52. The lowest BCUT2D eigenvalue weighted by molar-refractivity contribution is -0.148. The maximum Gasteiger partial charge on any atom is 0.308 e. The number of nitrogens with one attached hydrogen (secondary N) is 1. The van der Waals surface area contributed by atoms with Gasteiger partial charge in [-0.3, -0.25) is 9.59 Å². The number of carbonyl (C=O) groups excluding carboxylic acids is 2. The molecular formula is C10H19NO3. The van der Waals surface area contributed by atoms with E-state index >= 15 is 0 Å². The average Bonchev–Trinajstić information content (AvgIpc) is 2.18. The molecule has 0 spiro atoms. The molecule has 0 saturated carbocycles. The van der Waals surface area contributed by atoms with Crippen molar-refractivity contribution in [3.63, 3.8) is 0 Å².